The summed E-state index contributed by atoms with van der Waals surface area (Å²) in [4.78, 5) is 9.99. The van der Waals surface area contributed by atoms with Gasteiger partial charge in [-0.05, 0) is 12.1 Å². The molecule has 0 atom stereocenters. The van der Waals surface area contributed by atoms with Gasteiger partial charge in [0.05, 0.1) is 16.0 Å². The number of aromatic amines is 1. The second kappa shape index (κ2) is 5.38. The SMILES string of the molecule is Nc1[nH]ncc1CNc1ccc(S(N)(=O)=O)cc1[N+](=O)[O-]. The van der Waals surface area contributed by atoms with E-state index in [0.717, 1.165) is 6.07 Å². The van der Waals surface area contributed by atoms with Gasteiger partial charge in [-0.1, -0.05) is 0 Å². The summed E-state index contributed by atoms with van der Waals surface area (Å²) >= 11 is 0. The van der Waals surface area contributed by atoms with E-state index in [1.54, 1.807) is 0 Å². The molecule has 0 aliphatic rings. The van der Waals surface area contributed by atoms with Crippen LogP contribution in [0, 0.1) is 10.1 Å². The highest BCUT2D eigenvalue weighted by Gasteiger charge is 2.19. The summed E-state index contributed by atoms with van der Waals surface area (Å²) in [6.07, 6.45) is 1.48. The summed E-state index contributed by atoms with van der Waals surface area (Å²) in [6.45, 7) is 0.192. The number of primary sulfonamides is 1. The predicted octanol–water partition coefficient (Wildman–Crippen LogP) is 0.160. The summed E-state index contributed by atoms with van der Waals surface area (Å²) < 4.78 is 22.4. The van der Waals surface area contributed by atoms with Crippen LogP contribution in [0.2, 0.25) is 0 Å². The highest BCUT2D eigenvalue weighted by Crippen LogP contribution is 2.27. The Bertz CT molecular complexity index is 785. The van der Waals surface area contributed by atoms with Crippen LogP contribution in [-0.2, 0) is 16.6 Å². The van der Waals surface area contributed by atoms with E-state index in [1.807, 2.05) is 0 Å². The Labute approximate surface area is 119 Å². The van der Waals surface area contributed by atoms with Gasteiger partial charge in [0.25, 0.3) is 5.69 Å². The van der Waals surface area contributed by atoms with E-state index in [2.05, 4.69) is 15.5 Å². The van der Waals surface area contributed by atoms with Crippen molar-refractivity contribution in [1.29, 1.82) is 0 Å². The first-order chi connectivity index (χ1) is 9.79. The summed E-state index contributed by atoms with van der Waals surface area (Å²) in [5.41, 5.74) is 5.97. The third-order valence-electron chi connectivity index (χ3n) is 2.72. The van der Waals surface area contributed by atoms with Crippen LogP contribution in [0.5, 0.6) is 0 Å². The van der Waals surface area contributed by atoms with Gasteiger partial charge in [0.2, 0.25) is 10.0 Å². The maximum atomic E-state index is 11.2. The molecule has 0 unspecified atom stereocenters. The Morgan fingerprint density at radius 3 is 2.67 bits per heavy atom. The number of nitro benzene ring substituents is 1. The highest BCUT2D eigenvalue weighted by molar-refractivity contribution is 7.89. The van der Waals surface area contributed by atoms with Gasteiger partial charge in [-0.2, -0.15) is 5.10 Å². The fraction of sp³-hybridized carbons (Fsp3) is 0.100. The van der Waals surface area contributed by atoms with Gasteiger partial charge in [0.15, 0.2) is 0 Å². The van der Waals surface area contributed by atoms with E-state index in [0.29, 0.717) is 11.4 Å². The Balaban J connectivity index is 2.31. The summed E-state index contributed by atoms with van der Waals surface area (Å²) in [6, 6.07) is 3.36. The minimum absolute atomic E-state index is 0.146. The summed E-state index contributed by atoms with van der Waals surface area (Å²) in [5, 5.41) is 25.0. The summed E-state index contributed by atoms with van der Waals surface area (Å²) in [7, 11) is -4.01. The zero-order valence-corrected chi connectivity index (χ0v) is 11.4. The molecule has 0 radical (unpaired) electrons. The average Bonchev–Trinajstić information content (AvgIpc) is 2.80. The van der Waals surface area contributed by atoms with Crippen LogP contribution in [0.1, 0.15) is 5.56 Å². The van der Waals surface area contributed by atoms with Crippen LogP contribution in [0.15, 0.2) is 29.3 Å². The fourth-order valence-electron chi connectivity index (χ4n) is 1.64. The molecule has 0 fully saturated rings. The minimum Gasteiger partial charge on any atom is -0.384 e. The highest BCUT2D eigenvalue weighted by atomic mass is 32.2. The molecule has 6 N–H and O–H groups in total. The van der Waals surface area contributed by atoms with Crippen LogP contribution in [0.4, 0.5) is 17.2 Å². The van der Waals surface area contributed by atoms with E-state index < -0.39 is 20.6 Å². The molecule has 112 valence electrons. The lowest BCUT2D eigenvalue weighted by atomic mass is 10.2. The summed E-state index contributed by atoms with van der Waals surface area (Å²) in [5.74, 6) is 0.339. The molecule has 11 heteroatoms. The molecule has 0 spiro atoms. The van der Waals surface area contributed by atoms with E-state index in [4.69, 9.17) is 10.9 Å². The number of rotatable bonds is 5. The molecule has 1 aromatic heterocycles. The van der Waals surface area contributed by atoms with Crippen molar-refractivity contribution in [3.05, 3.63) is 40.1 Å². The second-order valence-corrected chi connectivity index (χ2v) is 5.70. The van der Waals surface area contributed by atoms with Crippen LogP contribution in [0.25, 0.3) is 0 Å². The number of benzene rings is 1. The first-order valence-electron chi connectivity index (χ1n) is 5.62. The van der Waals surface area contributed by atoms with Crippen molar-refractivity contribution in [2.45, 2.75) is 11.4 Å². The maximum Gasteiger partial charge on any atom is 0.293 e. The second-order valence-electron chi connectivity index (χ2n) is 4.14. The number of aromatic nitrogens is 2. The van der Waals surface area contributed by atoms with Crippen molar-refractivity contribution >= 4 is 27.2 Å². The van der Waals surface area contributed by atoms with Crippen LogP contribution in [-0.4, -0.2) is 23.5 Å². The zero-order chi connectivity index (χ0) is 15.6. The lowest BCUT2D eigenvalue weighted by Crippen LogP contribution is -2.13. The molecule has 10 nitrogen and oxygen atoms in total. The Morgan fingerprint density at radius 1 is 1.43 bits per heavy atom. The molecule has 21 heavy (non-hydrogen) atoms. The molecule has 0 aliphatic carbocycles. The van der Waals surface area contributed by atoms with Gasteiger partial charge < -0.3 is 11.1 Å². The quantitative estimate of drug-likeness (QED) is 0.450. The standard InChI is InChI=1S/C10H12N6O4S/c11-10-6(5-14-15-10)4-13-8-2-1-7(21(12,19)20)3-9(8)16(17)18/h1-3,5,13H,4H2,(H3,11,14,15)(H2,12,19,20). The van der Waals surface area contributed by atoms with E-state index in [1.165, 1.54) is 18.3 Å². The number of nitrogens with two attached hydrogens (primary N) is 2. The first kappa shape index (κ1) is 14.7. The molecule has 2 rings (SSSR count). The van der Waals surface area contributed by atoms with E-state index in [9.17, 15) is 18.5 Å². The smallest absolute Gasteiger partial charge is 0.293 e. The van der Waals surface area contributed by atoms with E-state index >= 15 is 0 Å². The molecule has 2 aromatic rings. The van der Waals surface area contributed by atoms with Gasteiger partial charge in [-0.3, -0.25) is 15.2 Å². The first-order valence-corrected chi connectivity index (χ1v) is 7.16. The number of nitrogens with one attached hydrogen (secondary N) is 2. The van der Waals surface area contributed by atoms with Gasteiger partial charge in [-0.15, -0.1) is 0 Å². The van der Waals surface area contributed by atoms with Crippen molar-refractivity contribution in [1.82, 2.24) is 10.2 Å². The molecule has 0 aliphatic heterocycles. The van der Waals surface area contributed by atoms with E-state index in [-0.39, 0.29) is 17.1 Å². The number of anilines is 2. The Kier molecular flexibility index (Phi) is 3.78. The monoisotopic (exact) mass is 312 g/mol. The fourth-order valence-corrected chi connectivity index (χ4v) is 2.17. The van der Waals surface area contributed by atoms with Crippen LogP contribution in [0.3, 0.4) is 0 Å². The Hall–Kier alpha value is -2.66. The predicted molar refractivity (Wildman–Crippen MR) is 74.8 cm³/mol. The third-order valence-corrected chi connectivity index (χ3v) is 3.63. The number of nitrogen functional groups attached to an aromatic ring is 1. The number of nitro groups is 1. The number of H-pyrrole nitrogens is 1. The zero-order valence-electron chi connectivity index (χ0n) is 10.6. The van der Waals surface area contributed by atoms with Crippen molar-refractivity contribution in [3.63, 3.8) is 0 Å². The maximum absolute atomic E-state index is 11.2. The van der Waals surface area contributed by atoms with Gasteiger partial charge >= 0.3 is 0 Å². The molecular weight excluding hydrogens is 300 g/mol. The lowest BCUT2D eigenvalue weighted by Gasteiger charge is -2.07. The normalized spacial score (nSPS) is 11.3. The molecule has 0 bridgehead atoms. The molecular formula is C10H12N6O4S. The largest absolute Gasteiger partial charge is 0.384 e. The van der Waals surface area contributed by atoms with Gasteiger partial charge in [0.1, 0.15) is 11.5 Å². The molecule has 1 aromatic carbocycles. The molecule has 0 saturated heterocycles. The number of hydrogen-bond donors (Lipinski definition) is 4. The van der Waals surface area contributed by atoms with Crippen molar-refractivity contribution < 1.29 is 13.3 Å². The minimum atomic E-state index is -4.01. The van der Waals surface area contributed by atoms with Gasteiger partial charge in [-0.25, -0.2) is 13.6 Å². The Morgan fingerprint density at radius 2 is 2.14 bits per heavy atom. The van der Waals surface area contributed by atoms with Crippen molar-refractivity contribution in [2.24, 2.45) is 5.14 Å². The third kappa shape index (κ3) is 3.27. The number of nitrogens with zero attached hydrogens (tertiary/aromatic N) is 2. The number of sulfonamides is 1. The average molecular weight is 312 g/mol. The number of hydrogen-bond acceptors (Lipinski definition) is 7. The van der Waals surface area contributed by atoms with Crippen LogP contribution < -0.4 is 16.2 Å². The topological polar surface area (TPSA) is 170 Å². The van der Waals surface area contributed by atoms with Crippen molar-refractivity contribution in [3.8, 4) is 0 Å². The molecule has 0 saturated carbocycles. The molecule has 1 heterocycles. The van der Waals surface area contributed by atoms with Crippen molar-refractivity contribution in [2.75, 3.05) is 11.1 Å². The lowest BCUT2D eigenvalue weighted by molar-refractivity contribution is -0.384. The molecule has 0 amide bonds. The van der Waals surface area contributed by atoms with Gasteiger partial charge in [0, 0.05) is 18.2 Å². The van der Waals surface area contributed by atoms with Crippen LogP contribution >= 0.6 is 0 Å².